The van der Waals surface area contributed by atoms with E-state index in [9.17, 15) is 9.59 Å². The number of carbonyl (C=O) groups is 2. The summed E-state index contributed by atoms with van der Waals surface area (Å²) in [6.07, 6.45) is -0.647. The third kappa shape index (κ3) is 2.22. The number of hydrogen-bond donors (Lipinski definition) is 1. The zero-order chi connectivity index (χ0) is 12.4. The van der Waals surface area contributed by atoms with Crippen LogP contribution in [0.15, 0.2) is 24.3 Å². The van der Waals surface area contributed by atoms with Gasteiger partial charge in [-0.05, 0) is 19.1 Å². The Morgan fingerprint density at radius 2 is 2.18 bits per heavy atom. The van der Waals surface area contributed by atoms with Crippen molar-refractivity contribution in [3.63, 3.8) is 0 Å². The van der Waals surface area contributed by atoms with Gasteiger partial charge in [0.2, 0.25) is 0 Å². The van der Waals surface area contributed by atoms with Crippen molar-refractivity contribution < 1.29 is 19.4 Å². The van der Waals surface area contributed by atoms with Gasteiger partial charge in [0.15, 0.2) is 6.10 Å². The van der Waals surface area contributed by atoms with Gasteiger partial charge in [0, 0.05) is 6.54 Å². The van der Waals surface area contributed by atoms with Crippen molar-refractivity contribution in [1.29, 1.82) is 0 Å². The highest BCUT2D eigenvalue weighted by Gasteiger charge is 2.31. The predicted octanol–water partition coefficient (Wildman–Crippen LogP) is 1.28. The van der Waals surface area contributed by atoms with E-state index in [1.165, 1.54) is 4.90 Å². The molecule has 0 radical (unpaired) electrons. The molecule has 1 aromatic carbocycles. The number of amides is 1. The number of rotatable bonds is 3. The molecule has 1 heterocycles. The van der Waals surface area contributed by atoms with E-state index in [2.05, 4.69) is 0 Å². The maximum Gasteiger partial charge on any atom is 0.305 e. The molecule has 1 atom stereocenters. The molecule has 1 amide bonds. The van der Waals surface area contributed by atoms with Gasteiger partial charge in [-0.15, -0.1) is 0 Å². The van der Waals surface area contributed by atoms with Gasteiger partial charge >= 0.3 is 5.97 Å². The van der Waals surface area contributed by atoms with Crippen LogP contribution >= 0.6 is 0 Å². The van der Waals surface area contributed by atoms with Crippen molar-refractivity contribution in [2.45, 2.75) is 19.4 Å². The van der Waals surface area contributed by atoms with Crippen molar-refractivity contribution in [3.8, 4) is 5.75 Å². The highest BCUT2D eigenvalue weighted by atomic mass is 16.5. The molecule has 0 spiro atoms. The van der Waals surface area contributed by atoms with Gasteiger partial charge < -0.3 is 14.7 Å². The van der Waals surface area contributed by atoms with E-state index in [-0.39, 0.29) is 18.9 Å². The zero-order valence-corrected chi connectivity index (χ0v) is 9.42. The Hall–Kier alpha value is -2.04. The lowest BCUT2D eigenvalue weighted by molar-refractivity contribution is -0.136. The summed E-state index contributed by atoms with van der Waals surface area (Å²) < 4.78 is 5.44. The summed E-state index contributed by atoms with van der Waals surface area (Å²) >= 11 is 0. The Kier molecular flexibility index (Phi) is 2.99. The third-order valence-electron chi connectivity index (χ3n) is 2.62. The fraction of sp³-hybridized carbons (Fsp3) is 0.333. The SMILES string of the molecule is CC1Oc2ccccc2N(CCC(=O)O)C1=O. The standard InChI is InChI=1S/C12H13NO4/c1-8-12(16)13(7-6-11(14)15)9-4-2-3-5-10(9)17-8/h2-5,8H,6-7H2,1H3,(H,14,15). The van der Waals surface area contributed by atoms with E-state index in [0.717, 1.165) is 0 Å². The van der Waals surface area contributed by atoms with Crippen LogP contribution in [0.2, 0.25) is 0 Å². The average Bonchev–Trinajstić information content (AvgIpc) is 2.29. The van der Waals surface area contributed by atoms with E-state index in [4.69, 9.17) is 9.84 Å². The Labute approximate surface area is 98.6 Å². The lowest BCUT2D eigenvalue weighted by Gasteiger charge is -2.32. The molecule has 2 rings (SSSR count). The summed E-state index contributed by atoms with van der Waals surface area (Å²) in [4.78, 5) is 24.0. The van der Waals surface area contributed by atoms with Gasteiger partial charge in [0.05, 0.1) is 12.1 Å². The minimum Gasteiger partial charge on any atom is -0.481 e. The molecular weight excluding hydrogens is 222 g/mol. The summed E-state index contributed by atoms with van der Waals surface area (Å²) in [5.41, 5.74) is 0.636. The van der Waals surface area contributed by atoms with E-state index in [0.29, 0.717) is 11.4 Å². The molecule has 1 aliphatic rings. The van der Waals surface area contributed by atoms with E-state index in [1.54, 1.807) is 25.1 Å². The van der Waals surface area contributed by atoms with Crippen LogP contribution in [0.4, 0.5) is 5.69 Å². The van der Waals surface area contributed by atoms with Crippen LogP contribution in [0, 0.1) is 0 Å². The van der Waals surface area contributed by atoms with Gasteiger partial charge in [-0.25, -0.2) is 0 Å². The van der Waals surface area contributed by atoms with E-state index < -0.39 is 12.1 Å². The van der Waals surface area contributed by atoms with E-state index in [1.807, 2.05) is 6.07 Å². The first-order chi connectivity index (χ1) is 8.09. The van der Waals surface area contributed by atoms with Crippen LogP contribution < -0.4 is 9.64 Å². The largest absolute Gasteiger partial charge is 0.481 e. The lowest BCUT2D eigenvalue weighted by Crippen LogP contribution is -2.45. The smallest absolute Gasteiger partial charge is 0.305 e. The third-order valence-corrected chi connectivity index (χ3v) is 2.62. The summed E-state index contributed by atoms with van der Waals surface area (Å²) in [5.74, 6) is -0.510. The summed E-state index contributed by atoms with van der Waals surface area (Å²) in [6, 6.07) is 7.13. The first-order valence-corrected chi connectivity index (χ1v) is 5.38. The fourth-order valence-electron chi connectivity index (χ4n) is 1.80. The average molecular weight is 235 g/mol. The van der Waals surface area contributed by atoms with Gasteiger partial charge in [-0.1, -0.05) is 12.1 Å². The Balaban J connectivity index is 2.28. The fourth-order valence-corrected chi connectivity index (χ4v) is 1.80. The molecule has 1 aromatic rings. The van der Waals surface area contributed by atoms with Gasteiger partial charge in [0.25, 0.3) is 5.91 Å². The topological polar surface area (TPSA) is 66.8 Å². The number of carbonyl (C=O) groups excluding carboxylic acids is 1. The number of hydrogen-bond acceptors (Lipinski definition) is 3. The second-order valence-electron chi connectivity index (χ2n) is 3.86. The minimum absolute atomic E-state index is 0.0766. The summed E-state index contributed by atoms with van der Waals surface area (Å²) in [6.45, 7) is 1.82. The zero-order valence-electron chi connectivity index (χ0n) is 9.42. The molecule has 17 heavy (non-hydrogen) atoms. The quantitative estimate of drug-likeness (QED) is 0.856. The Morgan fingerprint density at radius 1 is 1.47 bits per heavy atom. The predicted molar refractivity (Wildman–Crippen MR) is 61.1 cm³/mol. The Bertz CT molecular complexity index is 458. The normalized spacial score (nSPS) is 18.5. The second kappa shape index (κ2) is 4.45. The number of anilines is 1. The number of para-hydroxylation sites is 2. The maximum absolute atomic E-state index is 11.9. The van der Waals surface area contributed by atoms with Crippen molar-refractivity contribution in [2.24, 2.45) is 0 Å². The number of benzene rings is 1. The van der Waals surface area contributed by atoms with Crippen LogP contribution in [0.5, 0.6) is 5.75 Å². The molecular formula is C12H13NO4. The lowest BCUT2D eigenvalue weighted by atomic mass is 10.2. The minimum atomic E-state index is -0.922. The first-order valence-electron chi connectivity index (χ1n) is 5.38. The molecule has 90 valence electrons. The van der Waals surface area contributed by atoms with Crippen LogP contribution in [-0.4, -0.2) is 29.6 Å². The molecule has 0 saturated heterocycles. The molecule has 1 unspecified atom stereocenters. The molecule has 0 aliphatic carbocycles. The summed E-state index contributed by atoms with van der Waals surface area (Å²) in [7, 11) is 0. The highest BCUT2D eigenvalue weighted by Crippen LogP contribution is 2.33. The number of ether oxygens (including phenoxy) is 1. The monoisotopic (exact) mass is 235 g/mol. The molecule has 0 aromatic heterocycles. The van der Waals surface area contributed by atoms with Gasteiger partial charge in [0.1, 0.15) is 5.75 Å². The van der Waals surface area contributed by atoms with Gasteiger partial charge in [-0.2, -0.15) is 0 Å². The van der Waals surface area contributed by atoms with Gasteiger partial charge in [-0.3, -0.25) is 9.59 Å². The van der Waals surface area contributed by atoms with Crippen molar-refractivity contribution in [2.75, 3.05) is 11.4 Å². The number of nitrogens with zero attached hydrogens (tertiary/aromatic N) is 1. The number of fused-ring (bicyclic) bond motifs is 1. The number of aliphatic carboxylic acids is 1. The summed E-state index contributed by atoms with van der Waals surface area (Å²) in [5, 5.41) is 8.68. The molecule has 0 saturated carbocycles. The first kappa shape index (κ1) is 11.4. The maximum atomic E-state index is 11.9. The van der Waals surface area contributed by atoms with Crippen molar-refractivity contribution in [1.82, 2.24) is 0 Å². The molecule has 1 N–H and O–H groups in total. The van der Waals surface area contributed by atoms with Crippen LogP contribution in [0.25, 0.3) is 0 Å². The molecule has 5 nitrogen and oxygen atoms in total. The molecule has 0 fully saturated rings. The molecule has 5 heteroatoms. The van der Waals surface area contributed by atoms with Crippen molar-refractivity contribution >= 4 is 17.6 Å². The number of carboxylic acids is 1. The second-order valence-corrected chi connectivity index (χ2v) is 3.86. The number of carboxylic acid groups (broad SMARTS) is 1. The molecule has 0 bridgehead atoms. The molecule has 1 aliphatic heterocycles. The van der Waals surface area contributed by atoms with Crippen LogP contribution in [0.1, 0.15) is 13.3 Å². The van der Waals surface area contributed by atoms with Crippen molar-refractivity contribution in [3.05, 3.63) is 24.3 Å². The van der Waals surface area contributed by atoms with E-state index >= 15 is 0 Å². The Morgan fingerprint density at radius 3 is 2.88 bits per heavy atom. The van der Waals surface area contributed by atoms with Crippen LogP contribution in [0.3, 0.4) is 0 Å². The van der Waals surface area contributed by atoms with Crippen LogP contribution in [-0.2, 0) is 9.59 Å². The highest BCUT2D eigenvalue weighted by molar-refractivity contribution is 6.00.